The van der Waals surface area contributed by atoms with Crippen molar-refractivity contribution in [1.82, 2.24) is 14.9 Å². The van der Waals surface area contributed by atoms with Crippen molar-refractivity contribution < 1.29 is 14.3 Å². The van der Waals surface area contributed by atoms with E-state index < -0.39 is 5.60 Å². The van der Waals surface area contributed by atoms with Crippen LogP contribution in [0.2, 0.25) is 5.02 Å². The first-order valence-corrected chi connectivity index (χ1v) is 13.8. The van der Waals surface area contributed by atoms with Crippen molar-refractivity contribution in [2.45, 2.75) is 50.7 Å². The van der Waals surface area contributed by atoms with Crippen LogP contribution in [0.5, 0.6) is 0 Å². The molecule has 3 heterocycles. The van der Waals surface area contributed by atoms with E-state index in [4.69, 9.17) is 31.0 Å². The SMILES string of the molecule is CSc1nc2c(c(N3CCN(C(=O)OC(C)(C)C)CC3)n1)COC(c1cccc3cccc(Cl)c13)C2. The van der Waals surface area contributed by atoms with Crippen molar-refractivity contribution in [2.24, 2.45) is 0 Å². The highest BCUT2D eigenvalue weighted by molar-refractivity contribution is 7.98. The van der Waals surface area contributed by atoms with Crippen LogP contribution in [-0.2, 0) is 22.5 Å². The van der Waals surface area contributed by atoms with Crippen LogP contribution >= 0.6 is 23.4 Å². The maximum Gasteiger partial charge on any atom is 0.410 e. The monoisotopic (exact) mass is 526 g/mol. The van der Waals surface area contributed by atoms with Crippen LogP contribution in [-0.4, -0.2) is 59.0 Å². The number of aromatic nitrogens is 2. The van der Waals surface area contributed by atoms with Gasteiger partial charge in [0.1, 0.15) is 11.4 Å². The third-order valence-corrected chi connectivity index (χ3v) is 7.37. The van der Waals surface area contributed by atoms with E-state index in [1.165, 1.54) is 11.8 Å². The first-order chi connectivity index (χ1) is 17.2. The number of nitrogens with zero attached hydrogens (tertiary/aromatic N) is 4. The van der Waals surface area contributed by atoms with Gasteiger partial charge < -0.3 is 19.3 Å². The molecule has 1 saturated heterocycles. The summed E-state index contributed by atoms with van der Waals surface area (Å²) >= 11 is 8.14. The first kappa shape index (κ1) is 25.1. The Bertz CT molecular complexity index is 1280. The number of benzene rings is 2. The second-order valence-electron chi connectivity index (χ2n) is 10.1. The van der Waals surface area contributed by atoms with Crippen LogP contribution in [0, 0.1) is 0 Å². The second kappa shape index (κ2) is 10.1. The number of rotatable bonds is 3. The molecule has 0 aliphatic carbocycles. The Labute approximate surface area is 221 Å². The highest BCUT2D eigenvalue weighted by Crippen LogP contribution is 2.39. The molecule has 0 radical (unpaired) electrons. The fraction of sp³-hybridized carbons (Fsp3) is 0.444. The number of thioether (sulfide) groups is 1. The van der Waals surface area contributed by atoms with Crippen LogP contribution in [0.1, 0.15) is 43.7 Å². The number of ether oxygens (including phenoxy) is 2. The summed E-state index contributed by atoms with van der Waals surface area (Å²) in [7, 11) is 0. The van der Waals surface area contributed by atoms with Gasteiger partial charge in [-0.1, -0.05) is 53.7 Å². The van der Waals surface area contributed by atoms with Gasteiger partial charge in [-0.3, -0.25) is 0 Å². The number of fused-ring (bicyclic) bond motifs is 2. The summed E-state index contributed by atoms with van der Waals surface area (Å²) in [6.07, 6.45) is 2.24. The molecule has 1 atom stereocenters. The summed E-state index contributed by atoms with van der Waals surface area (Å²) in [6, 6.07) is 12.2. The average molecular weight is 527 g/mol. The Hall–Kier alpha value is -2.55. The number of carbonyl (C=O) groups excluding carboxylic acids is 1. The molecule has 3 aromatic rings. The number of piperazine rings is 1. The van der Waals surface area contributed by atoms with Crippen LogP contribution in [0.25, 0.3) is 10.8 Å². The molecule has 190 valence electrons. The Morgan fingerprint density at radius 3 is 2.53 bits per heavy atom. The topological polar surface area (TPSA) is 67.8 Å². The van der Waals surface area contributed by atoms with Crippen LogP contribution in [0.4, 0.5) is 10.6 Å². The lowest BCUT2D eigenvalue weighted by Gasteiger charge is -2.38. The average Bonchev–Trinajstić information content (AvgIpc) is 2.86. The lowest BCUT2D eigenvalue weighted by atomic mass is 9.94. The molecule has 2 aliphatic heterocycles. The minimum Gasteiger partial charge on any atom is -0.444 e. The molecule has 7 nitrogen and oxygen atoms in total. The van der Waals surface area contributed by atoms with Gasteiger partial charge in [0.15, 0.2) is 5.16 Å². The van der Waals surface area contributed by atoms with Gasteiger partial charge in [0.05, 0.1) is 18.4 Å². The third-order valence-electron chi connectivity index (χ3n) is 6.50. The maximum absolute atomic E-state index is 12.5. The van der Waals surface area contributed by atoms with Crippen molar-refractivity contribution >= 4 is 46.0 Å². The van der Waals surface area contributed by atoms with E-state index in [0.29, 0.717) is 39.2 Å². The first-order valence-electron chi connectivity index (χ1n) is 12.2. The molecular formula is C27H31ClN4O3S. The summed E-state index contributed by atoms with van der Waals surface area (Å²) in [6.45, 7) is 8.61. The molecule has 2 aliphatic rings. The smallest absolute Gasteiger partial charge is 0.410 e. The van der Waals surface area contributed by atoms with Crippen molar-refractivity contribution in [3.8, 4) is 0 Å². The van der Waals surface area contributed by atoms with Gasteiger partial charge in [-0.2, -0.15) is 0 Å². The van der Waals surface area contributed by atoms with Gasteiger partial charge in [-0.25, -0.2) is 14.8 Å². The van der Waals surface area contributed by atoms with E-state index in [-0.39, 0.29) is 12.2 Å². The van der Waals surface area contributed by atoms with Crippen molar-refractivity contribution in [2.75, 3.05) is 37.3 Å². The normalized spacial score (nSPS) is 18.3. The largest absolute Gasteiger partial charge is 0.444 e. The second-order valence-corrected chi connectivity index (χ2v) is 11.3. The molecule has 1 unspecified atom stereocenters. The van der Waals surface area contributed by atoms with Crippen LogP contribution < -0.4 is 4.90 Å². The predicted molar refractivity (Wildman–Crippen MR) is 144 cm³/mol. The molecule has 9 heteroatoms. The highest BCUT2D eigenvalue weighted by Gasteiger charge is 2.31. The molecule has 1 amide bonds. The Kier molecular flexibility index (Phi) is 7.03. The Morgan fingerprint density at radius 1 is 1.11 bits per heavy atom. The molecular weight excluding hydrogens is 496 g/mol. The fourth-order valence-electron chi connectivity index (χ4n) is 4.80. The van der Waals surface area contributed by atoms with E-state index in [1.54, 1.807) is 4.90 Å². The van der Waals surface area contributed by atoms with E-state index >= 15 is 0 Å². The summed E-state index contributed by atoms with van der Waals surface area (Å²) in [4.78, 5) is 26.2. The van der Waals surface area contributed by atoms with E-state index in [2.05, 4.69) is 29.2 Å². The number of hydrogen-bond donors (Lipinski definition) is 0. The van der Waals surface area contributed by atoms with Crippen LogP contribution in [0.15, 0.2) is 41.6 Å². The molecule has 0 spiro atoms. The zero-order valence-electron chi connectivity index (χ0n) is 21.1. The van der Waals surface area contributed by atoms with E-state index in [9.17, 15) is 4.79 Å². The zero-order valence-corrected chi connectivity index (χ0v) is 22.7. The lowest BCUT2D eigenvalue weighted by Crippen LogP contribution is -2.50. The quantitative estimate of drug-likeness (QED) is 0.312. The van der Waals surface area contributed by atoms with Crippen LogP contribution in [0.3, 0.4) is 0 Å². The lowest BCUT2D eigenvalue weighted by molar-refractivity contribution is 0.0230. The van der Waals surface area contributed by atoms with Gasteiger partial charge in [0, 0.05) is 48.6 Å². The fourth-order valence-corrected chi connectivity index (χ4v) is 5.47. The van der Waals surface area contributed by atoms with E-state index in [0.717, 1.165) is 43.6 Å². The molecule has 0 N–H and O–H groups in total. The van der Waals surface area contributed by atoms with Crippen molar-refractivity contribution in [1.29, 1.82) is 0 Å². The number of carbonyl (C=O) groups is 1. The summed E-state index contributed by atoms with van der Waals surface area (Å²) in [5.74, 6) is 0.905. The number of hydrogen-bond acceptors (Lipinski definition) is 7. The van der Waals surface area contributed by atoms with Gasteiger partial charge in [0.25, 0.3) is 0 Å². The van der Waals surface area contributed by atoms with Gasteiger partial charge in [-0.05, 0) is 44.0 Å². The van der Waals surface area contributed by atoms with E-state index in [1.807, 2.05) is 39.2 Å². The molecule has 5 rings (SSSR count). The maximum atomic E-state index is 12.5. The summed E-state index contributed by atoms with van der Waals surface area (Å²) < 4.78 is 12.0. The summed E-state index contributed by atoms with van der Waals surface area (Å²) in [5, 5.41) is 3.61. The number of amides is 1. The minimum absolute atomic E-state index is 0.137. The van der Waals surface area contributed by atoms with Gasteiger partial charge >= 0.3 is 6.09 Å². The predicted octanol–water partition coefficient (Wildman–Crippen LogP) is 5.88. The summed E-state index contributed by atoms with van der Waals surface area (Å²) in [5.41, 5.74) is 2.62. The van der Waals surface area contributed by atoms with Gasteiger partial charge in [-0.15, -0.1) is 0 Å². The van der Waals surface area contributed by atoms with Gasteiger partial charge in [0.2, 0.25) is 0 Å². The molecule has 1 aromatic heterocycles. The number of anilines is 1. The Balaban J connectivity index is 1.39. The zero-order chi connectivity index (χ0) is 25.4. The molecule has 0 bridgehead atoms. The van der Waals surface area contributed by atoms with Crippen molar-refractivity contribution in [3.05, 3.63) is 58.2 Å². The Morgan fingerprint density at radius 2 is 1.83 bits per heavy atom. The molecule has 36 heavy (non-hydrogen) atoms. The van der Waals surface area contributed by atoms with Crippen molar-refractivity contribution in [3.63, 3.8) is 0 Å². The minimum atomic E-state index is -0.505. The molecule has 0 saturated carbocycles. The molecule has 2 aromatic carbocycles. The highest BCUT2D eigenvalue weighted by atomic mass is 35.5. The number of halogens is 1. The third kappa shape index (κ3) is 5.12. The molecule has 1 fully saturated rings. The standard InChI is InChI=1S/C27H31ClN4O3S/c1-27(2,3)35-26(33)32-13-11-31(12-14-32)24-19-16-34-22(15-21(19)29-25(30-24)36-4)18-9-5-7-17-8-6-10-20(28)23(17)18/h5-10,22H,11-16H2,1-4H3.